The number of hydrogen-bond donors (Lipinski definition) is 1. The fourth-order valence-electron chi connectivity index (χ4n) is 2.07. The largest absolute Gasteiger partial charge is 0.399 e. The van der Waals surface area contributed by atoms with E-state index in [-0.39, 0.29) is 0 Å². The molecule has 4 nitrogen and oxygen atoms in total. The van der Waals surface area contributed by atoms with Crippen molar-refractivity contribution in [2.45, 2.75) is 26.4 Å². The van der Waals surface area contributed by atoms with Crippen molar-refractivity contribution < 1.29 is 0 Å². The quantitative estimate of drug-likeness (QED) is 0.821. The Kier molecular flexibility index (Phi) is 3.33. The number of imidazole rings is 1. The Morgan fingerprint density at radius 2 is 2.12 bits per heavy atom. The average Bonchev–Trinajstić information content (AvgIpc) is 2.57. The van der Waals surface area contributed by atoms with Crippen LogP contribution in [-0.4, -0.2) is 28.5 Å². The lowest BCUT2D eigenvalue weighted by atomic mass is 10.3. The number of nitrogen functional groups attached to an aromatic ring is 1. The third-order valence-corrected chi connectivity index (χ3v) is 2.76. The molecule has 1 heterocycles. The van der Waals surface area contributed by atoms with Crippen LogP contribution in [0.4, 0.5) is 5.69 Å². The molecule has 0 saturated heterocycles. The number of aromatic nitrogens is 2. The SMILES string of the molecule is CCCn1c(CN(C)C)nc2ccc(N)cc21. The Morgan fingerprint density at radius 1 is 1.35 bits per heavy atom. The van der Waals surface area contributed by atoms with Crippen molar-refractivity contribution in [2.24, 2.45) is 0 Å². The Balaban J connectivity index is 2.54. The van der Waals surface area contributed by atoms with Gasteiger partial charge in [0.1, 0.15) is 5.82 Å². The summed E-state index contributed by atoms with van der Waals surface area (Å²) in [7, 11) is 4.12. The van der Waals surface area contributed by atoms with Gasteiger partial charge in [-0.25, -0.2) is 4.98 Å². The van der Waals surface area contributed by atoms with E-state index in [2.05, 4.69) is 35.5 Å². The van der Waals surface area contributed by atoms with Crippen LogP contribution in [0.25, 0.3) is 11.0 Å². The van der Waals surface area contributed by atoms with E-state index in [0.29, 0.717) is 0 Å². The molecule has 0 atom stereocenters. The minimum atomic E-state index is 0.797. The van der Waals surface area contributed by atoms with Crippen LogP contribution in [0.15, 0.2) is 18.2 Å². The first-order valence-electron chi connectivity index (χ1n) is 6.01. The predicted molar refractivity (Wildman–Crippen MR) is 71.8 cm³/mol. The van der Waals surface area contributed by atoms with Crippen molar-refractivity contribution in [3.05, 3.63) is 24.0 Å². The van der Waals surface area contributed by atoms with Crippen molar-refractivity contribution in [1.29, 1.82) is 0 Å². The normalized spacial score (nSPS) is 11.5. The Morgan fingerprint density at radius 3 is 2.76 bits per heavy atom. The van der Waals surface area contributed by atoms with E-state index in [1.165, 1.54) is 0 Å². The van der Waals surface area contributed by atoms with E-state index < -0.39 is 0 Å². The molecule has 0 amide bonds. The van der Waals surface area contributed by atoms with Crippen LogP contribution in [0, 0.1) is 0 Å². The van der Waals surface area contributed by atoms with Crippen LogP contribution >= 0.6 is 0 Å². The molecule has 0 aliphatic rings. The van der Waals surface area contributed by atoms with Crippen molar-refractivity contribution in [2.75, 3.05) is 19.8 Å². The highest BCUT2D eigenvalue weighted by molar-refractivity contribution is 5.79. The molecule has 1 aromatic heterocycles. The van der Waals surface area contributed by atoms with E-state index in [1.54, 1.807) is 0 Å². The Labute approximate surface area is 102 Å². The summed E-state index contributed by atoms with van der Waals surface area (Å²) < 4.78 is 2.27. The molecule has 2 aromatic rings. The van der Waals surface area contributed by atoms with Gasteiger partial charge in [0.2, 0.25) is 0 Å². The van der Waals surface area contributed by atoms with Gasteiger partial charge in [-0.2, -0.15) is 0 Å². The highest BCUT2D eigenvalue weighted by atomic mass is 15.2. The summed E-state index contributed by atoms with van der Waals surface area (Å²) in [5.41, 5.74) is 8.82. The molecule has 2 rings (SSSR count). The highest BCUT2D eigenvalue weighted by Crippen LogP contribution is 2.20. The number of fused-ring (bicyclic) bond motifs is 1. The first kappa shape index (κ1) is 11.9. The predicted octanol–water partition coefficient (Wildman–Crippen LogP) is 2.09. The van der Waals surface area contributed by atoms with Gasteiger partial charge in [-0.15, -0.1) is 0 Å². The summed E-state index contributed by atoms with van der Waals surface area (Å²) in [4.78, 5) is 6.81. The van der Waals surface area contributed by atoms with Crippen LogP contribution in [0.2, 0.25) is 0 Å². The van der Waals surface area contributed by atoms with Crippen molar-refractivity contribution in [3.63, 3.8) is 0 Å². The van der Waals surface area contributed by atoms with Crippen molar-refractivity contribution >= 4 is 16.7 Å². The summed E-state index contributed by atoms with van der Waals surface area (Å²) in [6.45, 7) is 4.02. The lowest BCUT2D eigenvalue weighted by Gasteiger charge is -2.12. The van der Waals surface area contributed by atoms with Gasteiger partial charge in [0.25, 0.3) is 0 Å². The van der Waals surface area contributed by atoms with Gasteiger partial charge in [0.15, 0.2) is 0 Å². The third-order valence-electron chi connectivity index (χ3n) is 2.76. The molecule has 0 aliphatic heterocycles. The van der Waals surface area contributed by atoms with Crippen molar-refractivity contribution in [3.8, 4) is 0 Å². The van der Waals surface area contributed by atoms with Gasteiger partial charge in [-0.1, -0.05) is 6.92 Å². The smallest absolute Gasteiger partial charge is 0.124 e. The number of nitrogens with two attached hydrogens (primary N) is 1. The van der Waals surface area contributed by atoms with Gasteiger partial charge in [0, 0.05) is 12.2 Å². The first-order chi connectivity index (χ1) is 8.11. The molecule has 0 radical (unpaired) electrons. The zero-order valence-corrected chi connectivity index (χ0v) is 10.8. The van der Waals surface area contributed by atoms with E-state index in [4.69, 9.17) is 5.73 Å². The highest BCUT2D eigenvalue weighted by Gasteiger charge is 2.10. The second kappa shape index (κ2) is 4.75. The molecule has 0 bridgehead atoms. The standard InChI is InChI=1S/C13H20N4/c1-4-7-17-12-8-10(14)5-6-11(12)15-13(17)9-16(2)3/h5-6,8H,4,7,9,14H2,1-3H3. The van der Waals surface area contributed by atoms with Gasteiger partial charge >= 0.3 is 0 Å². The lowest BCUT2D eigenvalue weighted by Crippen LogP contribution is -2.15. The topological polar surface area (TPSA) is 47.1 Å². The van der Waals surface area contributed by atoms with Crippen molar-refractivity contribution in [1.82, 2.24) is 14.5 Å². The zero-order chi connectivity index (χ0) is 12.4. The average molecular weight is 232 g/mol. The van der Waals surface area contributed by atoms with Gasteiger partial charge < -0.3 is 15.2 Å². The monoisotopic (exact) mass is 232 g/mol. The van der Waals surface area contributed by atoms with E-state index in [1.807, 2.05) is 18.2 Å². The van der Waals surface area contributed by atoms with Crippen LogP contribution in [-0.2, 0) is 13.1 Å². The number of anilines is 1. The Bertz CT molecular complexity index is 513. The molecule has 0 aliphatic carbocycles. The zero-order valence-electron chi connectivity index (χ0n) is 10.8. The minimum Gasteiger partial charge on any atom is -0.399 e. The first-order valence-corrected chi connectivity index (χ1v) is 6.01. The second-order valence-corrected chi connectivity index (χ2v) is 4.67. The van der Waals surface area contributed by atoms with Crippen LogP contribution in [0.5, 0.6) is 0 Å². The number of rotatable bonds is 4. The van der Waals surface area contributed by atoms with Gasteiger partial charge in [-0.05, 0) is 38.7 Å². The summed E-state index contributed by atoms with van der Waals surface area (Å²) in [5.74, 6) is 1.11. The van der Waals surface area contributed by atoms with Crippen LogP contribution in [0.1, 0.15) is 19.2 Å². The molecular weight excluding hydrogens is 212 g/mol. The third kappa shape index (κ3) is 2.42. The molecule has 2 N–H and O–H groups in total. The van der Waals surface area contributed by atoms with Gasteiger partial charge in [0.05, 0.1) is 17.6 Å². The molecule has 0 unspecified atom stereocenters. The summed E-state index contributed by atoms with van der Waals surface area (Å²) >= 11 is 0. The molecule has 0 fully saturated rings. The maximum absolute atomic E-state index is 5.85. The summed E-state index contributed by atoms with van der Waals surface area (Å²) in [5, 5.41) is 0. The molecule has 0 saturated carbocycles. The fraction of sp³-hybridized carbons (Fsp3) is 0.462. The summed E-state index contributed by atoms with van der Waals surface area (Å²) in [6.07, 6.45) is 1.10. The van der Waals surface area contributed by atoms with Crippen LogP contribution < -0.4 is 5.73 Å². The molecular formula is C13H20N4. The maximum Gasteiger partial charge on any atom is 0.124 e. The molecule has 0 spiro atoms. The minimum absolute atomic E-state index is 0.797. The lowest BCUT2D eigenvalue weighted by molar-refractivity contribution is 0.381. The molecule has 17 heavy (non-hydrogen) atoms. The molecule has 92 valence electrons. The van der Waals surface area contributed by atoms with E-state index >= 15 is 0 Å². The maximum atomic E-state index is 5.85. The molecule has 4 heteroatoms. The Hall–Kier alpha value is -1.55. The van der Waals surface area contributed by atoms with E-state index in [9.17, 15) is 0 Å². The number of hydrogen-bond acceptors (Lipinski definition) is 3. The number of nitrogens with zero attached hydrogens (tertiary/aromatic N) is 3. The number of aryl methyl sites for hydroxylation is 1. The van der Waals surface area contributed by atoms with Crippen LogP contribution in [0.3, 0.4) is 0 Å². The van der Waals surface area contributed by atoms with E-state index in [0.717, 1.165) is 42.1 Å². The molecule has 1 aromatic carbocycles. The number of benzene rings is 1. The summed E-state index contributed by atoms with van der Waals surface area (Å²) in [6, 6.07) is 5.91. The van der Waals surface area contributed by atoms with Gasteiger partial charge in [-0.3, -0.25) is 0 Å². The fourth-order valence-corrected chi connectivity index (χ4v) is 2.07. The second-order valence-electron chi connectivity index (χ2n) is 4.67.